The summed E-state index contributed by atoms with van der Waals surface area (Å²) in [6.07, 6.45) is 3.21. The number of nitrogens with one attached hydrogen (secondary N) is 1. The molecule has 168 valence electrons. The summed E-state index contributed by atoms with van der Waals surface area (Å²) >= 11 is 0. The standard InChI is InChI=1S/C27H24FNO4/c1-4-32-25-15-26-23(24(16-33-26)18-5-11-21(31-3)12-6-18)14-22(25)17(2)13-27(30)29-20-9-7-19(28)8-10-20/h5-16H,4H2,1-3H3,(H,29,30)/b17-13+. The highest BCUT2D eigenvalue weighted by molar-refractivity contribution is 6.05. The summed E-state index contributed by atoms with van der Waals surface area (Å²) in [6.45, 7) is 4.22. The minimum absolute atomic E-state index is 0.316. The molecule has 0 bridgehead atoms. The molecule has 0 aliphatic heterocycles. The molecule has 1 N–H and O–H groups in total. The number of carbonyl (C=O) groups excluding carboxylic acids is 1. The second kappa shape index (κ2) is 9.61. The van der Waals surface area contributed by atoms with Gasteiger partial charge in [-0.3, -0.25) is 4.79 Å². The van der Waals surface area contributed by atoms with Crippen LogP contribution in [0.5, 0.6) is 11.5 Å². The Balaban J connectivity index is 1.70. The zero-order valence-electron chi connectivity index (χ0n) is 18.6. The van der Waals surface area contributed by atoms with Crippen LogP contribution in [-0.4, -0.2) is 19.6 Å². The van der Waals surface area contributed by atoms with Gasteiger partial charge in [0.25, 0.3) is 0 Å². The van der Waals surface area contributed by atoms with Crippen LogP contribution in [0.2, 0.25) is 0 Å². The van der Waals surface area contributed by atoms with Crippen molar-refractivity contribution < 1.29 is 23.1 Å². The van der Waals surface area contributed by atoms with E-state index < -0.39 is 0 Å². The minimum atomic E-state index is -0.359. The molecule has 3 aromatic carbocycles. The number of fused-ring (bicyclic) bond motifs is 1. The lowest BCUT2D eigenvalue weighted by Gasteiger charge is -2.12. The van der Waals surface area contributed by atoms with E-state index >= 15 is 0 Å². The summed E-state index contributed by atoms with van der Waals surface area (Å²) in [5.41, 5.74) is 4.64. The van der Waals surface area contributed by atoms with Crippen LogP contribution in [0.4, 0.5) is 10.1 Å². The minimum Gasteiger partial charge on any atom is -0.497 e. The van der Waals surface area contributed by atoms with E-state index in [1.54, 1.807) is 13.4 Å². The van der Waals surface area contributed by atoms with E-state index in [0.29, 0.717) is 23.6 Å². The van der Waals surface area contributed by atoms with Crippen LogP contribution in [0.3, 0.4) is 0 Å². The quantitative estimate of drug-likeness (QED) is 0.322. The summed E-state index contributed by atoms with van der Waals surface area (Å²) in [5.74, 6) is 0.729. The Kier molecular flexibility index (Phi) is 6.45. The molecule has 4 rings (SSSR count). The second-order valence-electron chi connectivity index (χ2n) is 7.48. The Hall–Kier alpha value is -4.06. The number of benzene rings is 3. The van der Waals surface area contributed by atoms with Crippen molar-refractivity contribution in [2.24, 2.45) is 0 Å². The molecule has 6 heteroatoms. The molecule has 0 unspecified atom stereocenters. The zero-order chi connectivity index (χ0) is 23.4. The van der Waals surface area contributed by atoms with Crippen molar-refractivity contribution in [2.45, 2.75) is 13.8 Å². The van der Waals surface area contributed by atoms with E-state index in [-0.39, 0.29) is 11.7 Å². The highest BCUT2D eigenvalue weighted by atomic mass is 19.1. The fourth-order valence-corrected chi connectivity index (χ4v) is 3.62. The molecule has 0 aliphatic carbocycles. The van der Waals surface area contributed by atoms with Crippen molar-refractivity contribution in [2.75, 3.05) is 19.0 Å². The van der Waals surface area contributed by atoms with Gasteiger partial charge in [-0.1, -0.05) is 12.1 Å². The lowest BCUT2D eigenvalue weighted by molar-refractivity contribution is -0.111. The molecule has 0 fully saturated rings. The predicted octanol–water partition coefficient (Wildman–Crippen LogP) is 6.69. The van der Waals surface area contributed by atoms with Gasteiger partial charge in [0.15, 0.2) is 0 Å². The van der Waals surface area contributed by atoms with Gasteiger partial charge < -0.3 is 19.2 Å². The molecule has 0 saturated carbocycles. The number of rotatable bonds is 7. The summed E-state index contributed by atoms with van der Waals surface area (Å²) in [5, 5.41) is 3.66. The summed E-state index contributed by atoms with van der Waals surface area (Å²) in [4.78, 5) is 12.6. The molecule has 0 saturated heterocycles. The van der Waals surface area contributed by atoms with Crippen LogP contribution in [0.1, 0.15) is 19.4 Å². The first-order valence-corrected chi connectivity index (χ1v) is 10.6. The lowest BCUT2D eigenvalue weighted by atomic mass is 9.99. The van der Waals surface area contributed by atoms with Crippen LogP contribution >= 0.6 is 0 Å². The fraction of sp³-hybridized carbons (Fsp3) is 0.148. The van der Waals surface area contributed by atoms with Crippen molar-refractivity contribution >= 4 is 28.1 Å². The second-order valence-corrected chi connectivity index (χ2v) is 7.48. The number of anilines is 1. The summed E-state index contributed by atoms with van der Waals surface area (Å²) in [6, 6.07) is 17.2. The number of hydrogen-bond acceptors (Lipinski definition) is 4. The van der Waals surface area contributed by atoms with Gasteiger partial charge in [0, 0.05) is 34.3 Å². The first kappa shape index (κ1) is 22.1. The zero-order valence-corrected chi connectivity index (χ0v) is 18.6. The van der Waals surface area contributed by atoms with Crippen molar-refractivity contribution in [3.8, 4) is 22.6 Å². The van der Waals surface area contributed by atoms with Gasteiger partial charge in [-0.2, -0.15) is 0 Å². The van der Waals surface area contributed by atoms with Gasteiger partial charge in [-0.15, -0.1) is 0 Å². The number of amides is 1. The number of carbonyl (C=O) groups is 1. The Morgan fingerprint density at radius 1 is 1.09 bits per heavy atom. The van der Waals surface area contributed by atoms with Crippen LogP contribution in [0.25, 0.3) is 27.7 Å². The maximum Gasteiger partial charge on any atom is 0.248 e. The third kappa shape index (κ3) is 4.90. The van der Waals surface area contributed by atoms with E-state index in [0.717, 1.165) is 33.4 Å². The Bertz CT molecular complexity index is 1300. The van der Waals surface area contributed by atoms with Crippen molar-refractivity contribution in [3.63, 3.8) is 0 Å². The Labute approximate surface area is 191 Å². The Morgan fingerprint density at radius 3 is 2.48 bits per heavy atom. The third-order valence-corrected chi connectivity index (χ3v) is 5.26. The normalized spacial score (nSPS) is 11.5. The fourth-order valence-electron chi connectivity index (χ4n) is 3.62. The average molecular weight is 445 g/mol. The molecular formula is C27H24FNO4. The molecule has 33 heavy (non-hydrogen) atoms. The van der Waals surface area contributed by atoms with Gasteiger partial charge in [-0.05, 0) is 67.4 Å². The number of halogens is 1. The number of methoxy groups -OCH3 is 1. The summed E-state index contributed by atoms with van der Waals surface area (Å²) in [7, 11) is 1.63. The van der Waals surface area contributed by atoms with Gasteiger partial charge in [0.2, 0.25) is 5.91 Å². The highest BCUT2D eigenvalue weighted by Gasteiger charge is 2.15. The van der Waals surface area contributed by atoms with Crippen molar-refractivity contribution in [1.82, 2.24) is 0 Å². The largest absolute Gasteiger partial charge is 0.497 e. The lowest BCUT2D eigenvalue weighted by Crippen LogP contribution is -2.08. The molecular weight excluding hydrogens is 421 g/mol. The third-order valence-electron chi connectivity index (χ3n) is 5.26. The van der Waals surface area contributed by atoms with Gasteiger partial charge in [0.1, 0.15) is 22.9 Å². The number of ether oxygens (including phenoxy) is 2. The predicted molar refractivity (Wildman–Crippen MR) is 128 cm³/mol. The topological polar surface area (TPSA) is 60.7 Å². The molecule has 4 aromatic rings. The first-order chi connectivity index (χ1) is 16.0. The molecule has 5 nitrogen and oxygen atoms in total. The molecule has 1 aromatic heterocycles. The molecule has 1 heterocycles. The van der Waals surface area contributed by atoms with Crippen LogP contribution in [0, 0.1) is 5.82 Å². The number of furan rings is 1. The Morgan fingerprint density at radius 2 is 1.82 bits per heavy atom. The molecule has 0 aliphatic rings. The monoisotopic (exact) mass is 445 g/mol. The van der Waals surface area contributed by atoms with E-state index in [4.69, 9.17) is 13.9 Å². The molecule has 1 amide bonds. The maximum atomic E-state index is 13.1. The number of allylic oxidation sites excluding steroid dienone is 1. The van der Waals surface area contributed by atoms with Crippen molar-refractivity contribution in [1.29, 1.82) is 0 Å². The van der Waals surface area contributed by atoms with Gasteiger partial charge in [-0.25, -0.2) is 4.39 Å². The average Bonchev–Trinajstić information content (AvgIpc) is 3.23. The van der Waals surface area contributed by atoms with Crippen LogP contribution in [0.15, 0.2) is 77.4 Å². The van der Waals surface area contributed by atoms with E-state index in [1.165, 1.54) is 30.3 Å². The summed E-state index contributed by atoms with van der Waals surface area (Å²) < 4.78 is 30.0. The van der Waals surface area contributed by atoms with Gasteiger partial charge in [0.05, 0.1) is 20.0 Å². The van der Waals surface area contributed by atoms with Crippen molar-refractivity contribution in [3.05, 3.63) is 84.4 Å². The highest BCUT2D eigenvalue weighted by Crippen LogP contribution is 2.38. The maximum absolute atomic E-state index is 13.1. The van der Waals surface area contributed by atoms with E-state index in [1.807, 2.05) is 50.2 Å². The molecule has 0 radical (unpaired) electrons. The first-order valence-electron chi connectivity index (χ1n) is 10.6. The van der Waals surface area contributed by atoms with E-state index in [9.17, 15) is 9.18 Å². The van der Waals surface area contributed by atoms with Crippen LogP contribution < -0.4 is 14.8 Å². The number of hydrogen-bond donors (Lipinski definition) is 1. The van der Waals surface area contributed by atoms with Gasteiger partial charge >= 0.3 is 0 Å². The van der Waals surface area contributed by atoms with E-state index in [2.05, 4.69) is 5.32 Å². The SMILES string of the molecule is CCOc1cc2occ(-c3ccc(OC)cc3)c2cc1/C(C)=C/C(=O)Nc1ccc(F)cc1. The van der Waals surface area contributed by atoms with Crippen LogP contribution in [-0.2, 0) is 4.79 Å². The molecule has 0 spiro atoms. The molecule has 0 atom stereocenters. The smallest absolute Gasteiger partial charge is 0.248 e.